The van der Waals surface area contributed by atoms with Crippen LogP contribution in [0.2, 0.25) is 0 Å². The largest absolute Gasteiger partial charge is 0.463 e. The molecule has 0 radical (unpaired) electrons. The highest BCUT2D eigenvalue weighted by atomic mass is 127. The number of aromatic nitrogens is 1. The highest BCUT2D eigenvalue weighted by Gasteiger charge is 2.34. The van der Waals surface area contributed by atoms with Gasteiger partial charge in [0.15, 0.2) is 4.80 Å². The molecular formula is C24H20IN3O5S. The Balaban J connectivity index is 2.01. The Kier molecular flexibility index (Phi) is 6.80. The third-order valence-electron chi connectivity index (χ3n) is 5.45. The molecule has 0 amide bonds. The first-order chi connectivity index (χ1) is 16.2. The summed E-state index contributed by atoms with van der Waals surface area (Å²) in [6.45, 7) is 5.16. The van der Waals surface area contributed by atoms with Gasteiger partial charge in [0.1, 0.15) is 0 Å². The Morgan fingerprint density at radius 2 is 2.03 bits per heavy atom. The molecule has 3 aromatic rings. The monoisotopic (exact) mass is 589 g/mol. The molecule has 0 spiro atoms. The fourth-order valence-electron chi connectivity index (χ4n) is 3.83. The van der Waals surface area contributed by atoms with Crippen LogP contribution < -0.4 is 14.9 Å². The van der Waals surface area contributed by atoms with E-state index in [4.69, 9.17) is 4.74 Å². The van der Waals surface area contributed by atoms with Gasteiger partial charge in [-0.15, -0.1) is 0 Å². The van der Waals surface area contributed by atoms with Crippen LogP contribution in [0.1, 0.15) is 36.6 Å². The topological polar surface area (TPSA) is 104 Å². The molecule has 0 saturated heterocycles. The second-order valence-corrected chi connectivity index (χ2v) is 9.80. The van der Waals surface area contributed by atoms with E-state index in [-0.39, 0.29) is 23.4 Å². The number of hydrogen-bond acceptors (Lipinski definition) is 7. The van der Waals surface area contributed by atoms with Gasteiger partial charge in [0.2, 0.25) is 0 Å². The Hall–Kier alpha value is -3.12. The standard InChI is InChI=1S/C24H20IN3O5S/c1-4-33-23(30)20-14(3)26-24-27(21(20)16-10-9-13(2)18(11-16)28(31)32)22(29)19(34-24)12-15-7-5-6-8-17(15)25/h5-12,21H,4H2,1-3H3/b19-12+/t21-/m0/s1. The number of ether oxygens (including phenoxy) is 1. The quantitative estimate of drug-likeness (QED) is 0.196. The first-order valence-corrected chi connectivity index (χ1v) is 12.3. The third kappa shape index (κ3) is 4.34. The predicted molar refractivity (Wildman–Crippen MR) is 137 cm³/mol. The van der Waals surface area contributed by atoms with Crippen molar-refractivity contribution in [1.82, 2.24) is 4.57 Å². The van der Waals surface area contributed by atoms with Crippen LogP contribution in [0.25, 0.3) is 6.08 Å². The summed E-state index contributed by atoms with van der Waals surface area (Å²) in [6.07, 6.45) is 1.80. The normalized spacial score (nSPS) is 15.6. The number of nitro groups is 1. The lowest BCUT2D eigenvalue weighted by atomic mass is 9.94. The van der Waals surface area contributed by atoms with E-state index >= 15 is 0 Å². The van der Waals surface area contributed by atoms with Crippen LogP contribution in [0.4, 0.5) is 5.69 Å². The number of carbonyl (C=O) groups excluding carboxylic acids is 1. The van der Waals surface area contributed by atoms with Gasteiger partial charge >= 0.3 is 5.97 Å². The maximum atomic E-state index is 13.6. The number of aryl methyl sites for hydroxylation is 1. The summed E-state index contributed by atoms with van der Waals surface area (Å²) in [4.78, 5) is 42.6. The molecule has 34 heavy (non-hydrogen) atoms. The molecule has 0 saturated carbocycles. The Morgan fingerprint density at radius 1 is 1.29 bits per heavy atom. The van der Waals surface area contributed by atoms with E-state index in [2.05, 4.69) is 27.6 Å². The lowest BCUT2D eigenvalue weighted by Gasteiger charge is -2.24. The number of rotatable bonds is 5. The van der Waals surface area contributed by atoms with Gasteiger partial charge in [-0.05, 0) is 66.6 Å². The minimum atomic E-state index is -0.897. The van der Waals surface area contributed by atoms with Gasteiger partial charge in [0, 0.05) is 15.2 Å². The van der Waals surface area contributed by atoms with Crippen molar-refractivity contribution in [3.63, 3.8) is 0 Å². The molecule has 0 fully saturated rings. The fourth-order valence-corrected chi connectivity index (χ4v) is 5.41. The molecule has 2 aromatic carbocycles. The zero-order chi connectivity index (χ0) is 24.6. The average Bonchev–Trinajstić information content (AvgIpc) is 3.09. The number of benzene rings is 2. The first-order valence-electron chi connectivity index (χ1n) is 10.4. The van der Waals surface area contributed by atoms with Gasteiger partial charge in [-0.1, -0.05) is 41.7 Å². The van der Waals surface area contributed by atoms with E-state index in [0.717, 1.165) is 9.13 Å². The molecular weight excluding hydrogens is 569 g/mol. The molecule has 4 rings (SSSR count). The molecule has 0 bridgehead atoms. The smallest absolute Gasteiger partial charge is 0.338 e. The second-order valence-electron chi connectivity index (χ2n) is 7.63. The van der Waals surface area contributed by atoms with Crippen molar-refractivity contribution in [1.29, 1.82) is 0 Å². The van der Waals surface area contributed by atoms with Crippen LogP contribution >= 0.6 is 33.9 Å². The minimum absolute atomic E-state index is 0.0867. The molecule has 0 unspecified atom stereocenters. The Morgan fingerprint density at radius 3 is 2.71 bits per heavy atom. The van der Waals surface area contributed by atoms with Crippen molar-refractivity contribution in [3.8, 4) is 0 Å². The van der Waals surface area contributed by atoms with Gasteiger partial charge in [-0.25, -0.2) is 9.79 Å². The molecule has 1 aliphatic rings. The maximum absolute atomic E-state index is 13.6. The van der Waals surface area contributed by atoms with Crippen molar-refractivity contribution in [2.45, 2.75) is 26.8 Å². The molecule has 174 valence electrons. The fraction of sp³-hybridized carbons (Fsp3) is 0.208. The molecule has 0 N–H and O–H groups in total. The average molecular weight is 589 g/mol. The number of thiazole rings is 1. The molecule has 0 aliphatic carbocycles. The Bertz CT molecular complexity index is 1540. The minimum Gasteiger partial charge on any atom is -0.463 e. The summed E-state index contributed by atoms with van der Waals surface area (Å²) in [7, 11) is 0. The summed E-state index contributed by atoms with van der Waals surface area (Å²) in [5, 5.41) is 11.6. The van der Waals surface area contributed by atoms with E-state index in [1.165, 1.54) is 22.0 Å². The SMILES string of the molecule is CCOC(=O)C1=C(C)N=c2s/c(=C/c3ccccc3I)c(=O)n2[C@H]1c1ccc(C)c([N+](=O)[O-])c1. The number of fused-ring (bicyclic) bond motifs is 1. The van der Waals surface area contributed by atoms with E-state index in [0.29, 0.717) is 26.2 Å². The molecule has 2 heterocycles. The summed E-state index contributed by atoms with van der Waals surface area (Å²) in [5.74, 6) is -0.608. The van der Waals surface area contributed by atoms with E-state index in [9.17, 15) is 19.7 Å². The number of allylic oxidation sites excluding steroid dienone is 1. The summed E-state index contributed by atoms with van der Waals surface area (Å²) < 4.78 is 8.13. The van der Waals surface area contributed by atoms with Crippen molar-refractivity contribution in [3.05, 3.63) is 104 Å². The maximum Gasteiger partial charge on any atom is 0.338 e. The van der Waals surface area contributed by atoms with Crippen molar-refractivity contribution in [2.24, 2.45) is 4.99 Å². The van der Waals surface area contributed by atoms with Gasteiger partial charge in [-0.3, -0.25) is 19.5 Å². The van der Waals surface area contributed by atoms with Crippen molar-refractivity contribution >= 4 is 51.7 Å². The van der Waals surface area contributed by atoms with Crippen LogP contribution in [0.3, 0.4) is 0 Å². The Labute approximate surface area is 212 Å². The van der Waals surface area contributed by atoms with E-state index < -0.39 is 16.9 Å². The molecule has 1 atom stereocenters. The van der Waals surface area contributed by atoms with Gasteiger partial charge in [0.25, 0.3) is 11.2 Å². The molecule has 10 heteroatoms. The first kappa shape index (κ1) is 24.0. The van der Waals surface area contributed by atoms with Crippen molar-refractivity contribution in [2.75, 3.05) is 6.61 Å². The lowest BCUT2D eigenvalue weighted by Crippen LogP contribution is -2.40. The molecule has 8 nitrogen and oxygen atoms in total. The number of halogens is 1. The number of hydrogen-bond donors (Lipinski definition) is 0. The second kappa shape index (κ2) is 9.63. The highest BCUT2D eigenvalue weighted by molar-refractivity contribution is 14.1. The zero-order valence-corrected chi connectivity index (χ0v) is 21.5. The third-order valence-corrected chi connectivity index (χ3v) is 7.42. The van der Waals surface area contributed by atoms with Crippen molar-refractivity contribution < 1.29 is 14.5 Å². The van der Waals surface area contributed by atoms with Crippen LogP contribution in [0.5, 0.6) is 0 Å². The van der Waals surface area contributed by atoms with Gasteiger partial charge < -0.3 is 4.74 Å². The summed E-state index contributed by atoms with van der Waals surface area (Å²) in [6, 6.07) is 11.5. The number of carbonyl (C=O) groups is 1. The number of nitro benzene ring substituents is 1. The lowest BCUT2D eigenvalue weighted by molar-refractivity contribution is -0.385. The molecule has 1 aromatic heterocycles. The van der Waals surface area contributed by atoms with Gasteiger partial charge in [0.05, 0.1) is 33.4 Å². The van der Waals surface area contributed by atoms with E-state index in [1.54, 1.807) is 39.0 Å². The number of nitrogens with zero attached hydrogens (tertiary/aromatic N) is 3. The van der Waals surface area contributed by atoms with Crippen LogP contribution in [0, 0.1) is 20.6 Å². The predicted octanol–water partition coefficient (Wildman–Crippen LogP) is 3.62. The zero-order valence-electron chi connectivity index (χ0n) is 18.6. The van der Waals surface area contributed by atoms with Crippen LogP contribution in [-0.2, 0) is 9.53 Å². The number of esters is 1. The molecule has 1 aliphatic heterocycles. The highest BCUT2D eigenvalue weighted by Crippen LogP contribution is 2.33. The summed E-state index contributed by atoms with van der Waals surface area (Å²) >= 11 is 3.42. The van der Waals surface area contributed by atoms with Crippen LogP contribution in [-0.4, -0.2) is 22.1 Å². The summed E-state index contributed by atoms with van der Waals surface area (Å²) in [5.41, 5.74) is 2.00. The van der Waals surface area contributed by atoms with Gasteiger partial charge in [-0.2, -0.15) is 0 Å². The van der Waals surface area contributed by atoms with Crippen LogP contribution in [0.15, 0.2) is 63.5 Å². The van der Waals surface area contributed by atoms with E-state index in [1.807, 2.05) is 24.3 Å².